The van der Waals surface area contributed by atoms with E-state index in [0.29, 0.717) is 33.8 Å². The van der Waals surface area contributed by atoms with Gasteiger partial charge in [-0.15, -0.1) is 0 Å². The van der Waals surface area contributed by atoms with Gasteiger partial charge in [0.25, 0.3) is 17.5 Å². The topological polar surface area (TPSA) is 105 Å². The van der Waals surface area contributed by atoms with Gasteiger partial charge in [0.05, 0.1) is 16.2 Å². The highest BCUT2D eigenvalue weighted by molar-refractivity contribution is 7.99. The van der Waals surface area contributed by atoms with Gasteiger partial charge >= 0.3 is 0 Å². The molecular formula is C26H22N4O4S. The van der Waals surface area contributed by atoms with Crippen LogP contribution in [0.3, 0.4) is 0 Å². The summed E-state index contributed by atoms with van der Waals surface area (Å²) in [5, 5.41) is 17.5. The normalized spacial score (nSPS) is 16.3. The molecule has 0 bridgehead atoms. The third-order valence-corrected chi connectivity index (χ3v) is 6.91. The van der Waals surface area contributed by atoms with Crippen LogP contribution in [0, 0.1) is 10.1 Å². The van der Waals surface area contributed by atoms with Crippen molar-refractivity contribution in [1.82, 2.24) is 4.90 Å². The zero-order valence-electron chi connectivity index (χ0n) is 18.7. The summed E-state index contributed by atoms with van der Waals surface area (Å²) >= 11 is 1.85. The lowest BCUT2D eigenvalue weighted by atomic mass is 9.99. The number of anilines is 2. The van der Waals surface area contributed by atoms with Gasteiger partial charge in [-0.3, -0.25) is 19.7 Å². The fraction of sp³-hybridized carbons (Fsp3) is 0.154. The number of thioether (sulfide) groups is 1. The van der Waals surface area contributed by atoms with E-state index in [4.69, 9.17) is 0 Å². The number of benzene rings is 3. The van der Waals surface area contributed by atoms with Gasteiger partial charge in [-0.2, -0.15) is 11.8 Å². The van der Waals surface area contributed by atoms with Crippen molar-refractivity contribution in [2.24, 2.45) is 0 Å². The molecule has 1 fully saturated rings. The molecule has 2 amide bonds. The number of nitrogens with one attached hydrogen (secondary N) is 2. The van der Waals surface area contributed by atoms with E-state index >= 15 is 0 Å². The number of nitro benzene ring substituents is 1. The number of non-ortho nitro benzene ring substituents is 1. The molecule has 2 N–H and O–H groups in total. The molecule has 1 saturated heterocycles. The molecule has 9 heteroatoms. The zero-order chi connectivity index (χ0) is 24.4. The Bertz CT molecular complexity index is 1330. The third kappa shape index (κ3) is 4.63. The number of rotatable bonds is 5. The van der Waals surface area contributed by atoms with Crippen molar-refractivity contribution in [3.8, 4) is 0 Å². The van der Waals surface area contributed by atoms with Crippen molar-refractivity contribution in [1.29, 1.82) is 0 Å². The Hall–Kier alpha value is -4.11. The number of carbonyl (C=O) groups excluding carboxylic acids is 2. The molecule has 2 heterocycles. The lowest BCUT2D eigenvalue weighted by Gasteiger charge is -2.26. The molecule has 0 unspecified atom stereocenters. The summed E-state index contributed by atoms with van der Waals surface area (Å²) < 4.78 is 0. The molecule has 176 valence electrons. The van der Waals surface area contributed by atoms with Crippen molar-refractivity contribution in [2.75, 3.05) is 35.2 Å². The number of fused-ring (bicyclic) bond motifs is 1. The minimum absolute atomic E-state index is 0.00916. The average Bonchev–Trinajstić information content (AvgIpc) is 3.23. The van der Waals surface area contributed by atoms with Crippen molar-refractivity contribution < 1.29 is 14.5 Å². The largest absolute Gasteiger partial charge is 0.354 e. The molecule has 0 aromatic heterocycles. The fourth-order valence-electron chi connectivity index (χ4n) is 4.19. The number of nitrogens with zero attached hydrogens (tertiary/aromatic N) is 2. The summed E-state index contributed by atoms with van der Waals surface area (Å²) in [7, 11) is 0. The first kappa shape index (κ1) is 22.7. The van der Waals surface area contributed by atoms with Gasteiger partial charge in [-0.05, 0) is 35.9 Å². The summed E-state index contributed by atoms with van der Waals surface area (Å²) in [5.74, 6) is 1.55. The monoisotopic (exact) mass is 486 g/mol. The second kappa shape index (κ2) is 9.63. The number of nitro groups is 1. The molecule has 3 aromatic carbocycles. The second-order valence-electron chi connectivity index (χ2n) is 8.16. The first-order chi connectivity index (χ1) is 17.0. The molecule has 0 radical (unpaired) electrons. The fourth-order valence-corrected chi connectivity index (χ4v) is 5.09. The number of hydrogen-bond donors (Lipinski definition) is 2. The van der Waals surface area contributed by atoms with E-state index in [1.807, 2.05) is 47.0 Å². The van der Waals surface area contributed by atoms with Crippen LogP contribution >= 0.6 is 11.8 Å². The number of carbonyl (C=O) groups is 2. The second-order valence-corrected chi connectivity index (χ2v) is 9.39. The quantitative estimate of drug-likeness (QED) is 0.307. The average molecular weight is 487 g/mol. The van der Waals surface area contributed by atoms with E-state index in [0.717, 1.165) is 30.2 Å². The minimum Gasteiger partial charge on any atom is -0.354 e. The highest BCUT2D eigenvalue weighted by Gasteiger charge is 2.30. The lowest BCUT2D eigenvalue weighted by molar-refractivity contribution is -0.384. The van der Waals surface area contributed by atoms with Gasteiger partial charge in [0, 0.05) is 59.2 Å². The highest BCUT2D eigenvalue weighted by Crippen LogP contribution is 2.39. The van der Waals surface area contributed by atoms with E-state index in [-0.39, 0.29) is 17.5 Å². The van der Waals surface area contributed by atoms with E-state index in [2.05, 4.69) is 10.6 Å². The van der Waals surface area contributed by atoms with Crippen LogP contribution in [0.15, 0.2) is 72.8 Å². The molecule has 35 heavy (non-hydrogen) atoms. The Morgan fingerprint density at radius 3 is 2.37 bits per heavy atom. The molecule has 5 rings (SSSR count). The van der Waals surface area contributed by atoms with Gasteiger partial charge in [-0.25, -0.2) is 0 Å². The molecule has 0 aliphatic carbocycles. The van der Waals surface area contributed by atoms with Crippen LogP contribution in [0.5, 0.6) is 0 Å². The van der Waals surface area contributed by atoms with Crippen molar-refractivity contribution in [3.63, 3.8) is 0 Å². The molecular weight excluding hydrogens is 464 g/mol. The van der Waals surface area contributed by atoms with Crippen LogP contribution in [0.1, 0.15) is 21.5 Å². The summed E-state index contributed by atoms with van der Waals surface area (Å²) in [5.41, 5.74) is 3.78. The minimum atomic E-state index is -0.479. The maximum atomic E-state index is 13.0. The Morgan fingerprint density at radius 2 is 1.69 bits per heavy atom. The SMILES string of the molecule is O=C1Nc2ccc([N+](=O)[O-])cc2C1=C(Nc1ccc(C(=O)N2CCSCC2)cc1)c1ccccc1. The van der Waals surface area contributed by atoms with E-state index in [1.165, 1.54) is 12.1 Å². The van der Waals surface area contributed by atoms with Gasteiger partial charge in [0.1, 0.15) is 0 Å². The van der Waals surface area contributed by atoms with Crippen molar-refractivity contribution >= 4 is 51.9 Å². The van der Waals surface area contributed by atoms with Crippen LogP contribution in [0.25, 0.3) is 11.3 Å². The van der Waals surface area contributed by atoms with Crippen LogP contribution in [-0.4, -0.2) is 46.2 Å². The molecule has 2 aliphatic heterocycles. The molecule has 3 aromatic rings. The molecule has 8 nitrogen and oxygen atoms in total. The van der Waals surface area contributed by atoms with E-state index in [1.54, 1.807) is 30.3 Å². The van der Waals surface area contributed by atoms with Gasteiger partial charge in [-0.1, -0.05) is 30.3 Å². The summed E-state index contributed by atoms with van der Waals surface area (Å²) in [6.45, 7) is 1.49. The van der Waals surface area contributed by atoms with Crippen LogP contribution in [0.2, 0.25) is 0 Å². The predicted octanol–water partition coefficient (Wildman–Crippen LogP) is 4.72. The summed E-state index contributed by atoms with van der Waals surface area (Å²) in [6, 6.07) is 20.8. The standard InChI is InChI=1S/C26H22N4O4S/c31-25-23(21-16-20(30(33)34)10-11-22(21)28-25)24(17-4-2-1-3-5-17)27-19-8-6-18(7-9-19)26(32)29-12-14-35-15-13-29/h1-11,16,27H,12-15H2,(H,28,31). The molecule has 0 atom stereocenters. The van der Waals surface area contributed by atoms with E-state index < -0.39 is 4.92 Å². The Morgan fingerprint density at radius 1 is 0.971 bits per heavy atom. The smallest absolute Gasteiger partial charge is 0.270 e. The maximum absolute atomic E-state index is 13.0. The zero-order valence-corrected chi connectivity index (χ0v) is 19.5. The summed E-state index contributed by atoms with van der Waals surface area (Å²) in [6.07, 6.45) is 0. The molecule has 2 aliphatic rings. The van der Waals surface area contributed by atoms with E-state index in [9.17, 15) is 19.7 Å². The number of hydrogen-bond acceptors (Lipinski definition) is 6. The van der Waals surface area contributed by atoms with Gasteiger partial charge in [0.15, 0.2) is 0 Å². The van der Waals surface area contributed by atoms with Gasteiger partial charge in [0.2, 0.25) is 0 Å². The Labute approximate surface area is 206 Å². The maximum Gasteiger partial charge on any atom is 0.270 e. The van der Waals surface area contributed by atoms with Gasteiger partial charge < -0.3 is 15.5 Å². The van der Waals surface area contributed by atoms with Crippen LogP contribution in [-0.2, 0) is 4.79 Å². The summed E-state index contributed by atoms with van der Waals surface area (Å²) in [4.78, 5) is 38.6. The third-order valence-electron chi connectivity index (χ3n) is 5.97. The molecule has 0 spiro atoms. The first-order valence-corrected chi connectivity index (χ1v) is 12.3. The van der Waals surface area contributed by atoms with Crippen molar-refractivity contribution in [3.05, 3.63) is 99.6 Å². The Kier molecular flexibility index (Phi) is 6.24. The number of amides is 2. The predicted molar refractivity (Wildman–Crippen MR) is 138 cm³/mol. The highest BCUT2D eigenvalue weighted by atomic mass is 32.2. The Balaban J connectivity index is 1.52. The lowest BCUT2D eigenvalue weighted by Crippen LogP contribution is -2.37. The van der Waals surface area contributed by atoms with Crippen molar-refractivity contribution in [2.45, 2.75) is 0 Å². The molecule has 0 saturated carbocycles. The van der Waals surface area contributed by atoms with Crippen LogP contribution in [0.4, 0.5) is 17.1 Å². The van der Waals surface area contributed by atoms with Crippen LogP contribution < -0.4 is 10.6 Å². The first-order valence-electron chi connectivity index (χ1n) is 11.2.